The molecule has 2 fully saturated rings. The molecule has 138 valence electrons. The van der Waals surface area contributed by atoms with Gasteiger partial charge in [0, 0.05) is 50.9 Å². The summed E-state index contributed by atoms with van der Waals surface area (Å²) in [6.07, 6.45) is 4.45. The monoisotopic (exact) mass is 345 g/mol. The van der Waals surface area contributed by atoms with Crippen LogP contribution in [-0.2, 0) is 4.79 Å². The number of carbonyl (C=O) groups excluding carboxylic acids is 1. The second kappa shape index (κ2) is 8.68. The largest absolute Gasteiger partial charge is 0.393 e. The Labute approximate surface area is 151 Å². The van der Waals surface area contributed by atoms with Gasteiger partial charge in [0.1, 0.15) is 0 Å². The van der Waals surface area contributed by atoms with Gasteiger partial charge in [0.15, 0.2) is 0 Å². The number of piperidine rings is 1. The zero-order chi connectivity index (χ0) is 17.6. The molecular weight excluding hydrogens is 314 g/mol. The fourth-order valence-electron chi connectivity index (χ4n) is 3.74. The highest BCUT2D eigenvalue weighted by atomic mass is 16.3. The summed E-state index contributed by atoms with van der Waals surface area (Å²) in [6, 6.07) is 8.91. The molecule has 2 heterocycles. The number of aliphatic hydroxyl groups excluding tert-OH is 1. The van der Waals surface area contributed by atoms with Crippen LogP contribution < -0.4 is 10.2 Å². The number of likely N-dealkylation sites (tertiary alicyclic amines) is 1. The standard InChI is InChI=1S/C20H31N3O2/c1-16(21-11-8-20(25)23-12-2-3-13-23)17-4-6-18(7-5-17)22-14-9-19(24)10-15-22/h4-7,16,19,21,24H,2-3,8-15H2,1H3. The molecule has 1 amide bonds. The summed E-state index contributed by atoms with van der Waals surface area (Å²) >= 11 is 0. The molecule has 1 atom stereocenters. The zero-order valence-electron chi connectivity index (χ0n) is 15.3. The quantitative estimate of drug-likeness (QED) is 0.831. The van der Waals surface area contributed by atoms with E-state index >= 15 is 0 Å². The Hall–Kier alpha value is -1.59. The van der Waals surface area contributed by atoms with Crippen molar-refractivity contribution < 1.29 is 9.90 Å². The molecule has 5 nitrogen and oxygen atoms in total. The van der Waals surface area contributed by atoms with Crippen LogP contribution in [0.25, 0.3) is 0 Å². The molecule has 2 N–H and O–H groups in total. The summed E-state index contributed by atoms with van der Waals surface area (Å²) in [7, 11) is 0. The fourth-order valence-corrected chi connectivity index (χ4v) is 3.74. The highest BCUT2D eigenvalue weighted by Gasteiger charge is 2.18. The van der Waals surface area contributed by atoms with Crippen LogP contribution >= 0.6 is 0 Å². The Morgan fingerprint density at radius 1 is 1.16 bits per heavy atom. The highest BCUT2D eigenvalue weighted by molar-refractivity contribution is 5.76. The summed E-state index contributed by atoms with van der Waals surface area (Å²) in [5, 5.41) is 13.1. The Morgan fingerprint density at radius 3 is 2.44 bits per heavy atom. The van der Waals surface area contributed by atoms with E-state index in [0.29, 0.717) is 6.42 Å². The summed E-state index contributed by atoms with van der Waals surface area (Å²) in [5.41, 5.74) is 2.47. The van der Waals surface area contributed by atoms with Gasteiger partial charge in [-0.25, -0.2) is 0 Å². The average molecular weight is 345 g/mol. The second-order valence-corrected chi connectivity index (χ2v) is 7.32. The van der Waals surface area contributed by atoms with Gasteiger partial charge < -0.3 is 20.2 Å². The average Bonchev–Trinajstić information content (AvgIpc) is 3.17. The Balaban J connectivity index is 1.44. The van der Waals surface area contributed by atoms with Crippen molar-refractivity contribution in [3.8, 4) is 0 Å². The number of carbonyl (C=O) groups is 1. The first-order valence-electron chi connectivity index (χ1n) is 9.67. The zero-order valence-corrected chi connectivity index (χ0v) is 15.3. The molecule has 1 aromatic carbocycles. The third-order valence-electron chi connectivity index (χ3n) is 5.47. The van der Waals surface area contributed by atoms with Crippen LogP contribution in [0.1, 0.15) is 50.6 Å². The number of nitrogens with one attached hydrogen (secondary N) is 1. The first-order valence-corrected chi connectivity index (χ1v) is 9.67. The molecular formula is C20H31N3O2. The lowest BCUT2D eigenvalue weighted by Crippen LogP contribution is -2.35. The molecule has 3 rings (SSSR count). The molecule has 5 heteroatoms. The number of benzene rings is 1. The smallest absolute Gasteiger partial charge is 0.223 e. The molecule has 0 aliphatic carbocycles. The van der Waals surface area contributed by atoms with Gasteiger partial charge in [-0.3, -0.25) is 4.79 Å². The van der Waals surface area contributed by atoms with Crippen LogP contribution in [-0.4, -0.2) is 54.7 Å². The molecule has 0 radical (unpaired) electrons. The van der Waals surface area contributed by atoms with Crippen molar-refractivity contribution in [2.75, 3.05) is 37.6 Å². The van der Waals surface area contributed by atoms with Gasteiger partial charge in [-0.05, 0) is 50.3 Å². The summed E-state index contributed by atoms with van der Waals surface area (Å²) < 4.78 is 0. The minimum Gasteiger partial charge on any atom is -0.393 e. The van der Waals surface area contributed by atoms with Crippen molar-refractivity contribution in [1.82, 2.24) is 10.2 Å². The van der Waals surface area contributed by atoms with Crippen LogP contribution in [0.4, 0.5) is 5.69 Å². The van der Waals surface area contributed by atoms with E-state index in [1.165, 1.54) is 11.3 Å². The minimum absolute atomic E-state index is 0.136. The van der Waals surface area contributed by atoms with E-state index in [1.807, 2.05) is 4.90 Å². The van der Waals surface area contributed by atoms with Crippen molar-refractivity contribution in [3.63, 3.8) is 0 Å². The van der Waals surface area contributed by atoms with Crippen molar-refractivity contribution in [2.45, 2.75) is 51.2 Å². The number of hydrogen-bond donors (Lipinski definition) is 2. The molecule has 25 heavy (non-hydrogen) atoms. The van der Waals surface area contributed by atoms with Crippen LogP contribution in [0.3, 0.4) is 0 Å². The van der Waals surface area contributed by atoms with Gasteiger partial charge >= 0.3 is 0 Å². The minimum atomic E-state index is -0.136. The van der Waals surface area contributed by atoms with E-state index in [1.54, 1.807) is 0 Å². The van der Waals surface area contributed by atoms with Gasteiger partial charge in [0.2, 0.25) is 5.91 Å². The van der Waals surface area contributed by atoms with Crippen molar-refractivity contribution in [1.29, 1.82) is 0 Å². The lowest BCUT2D eigenvalue weighted by Gasteiger charge is -2.31. The molecule has 0 saturated carbocycles. The molecule has 2 saturated heterocycles. The number of nitrogens with zero attached hydrogens (tertiary/aromatic N) is 2. The van der Waals surface area contributed by atoms with Gasteiger partial charge in [-0.2, -0.15) is 0 Å². The first-order chi connectivity index (χ1) is 12.1. The Morgan fingerprint density at radius 2 is 1.80 bits per heavy atom. The predicted molar refractivity (Wildman–Crippen MR) is 101 cm³/mol. The summed E-state index contributed by atoms with van der Waals surface area (Å²) in [5.74, 6) is 0.278. The topological polar surface area (TPSA) is 55.8 Å². The lowest BCUT2D eigenvalue weighted by atomic mass is 10.0. The van der Waals surface area contributed by atoms with Gasteiger partial charge in [-0.1, -0.05) is 12.1 Å². The molecule has 1 unspecified atom stereocenters. The maximum absolute atomic E-state index is 12.1. The van der Waals surface area contributed by atoms with E-state index in [0.717, 1.165) is 58.4 Å². The van der Waals surface area contributed by atoms with Crippen molar-refractivity contribution in [2.24, 2.45) is 0 Å². The number of anilines is 1. The molecule has 2 aliphatic rings. The SMILES string of the molecule is CC(NCCC(=O)N1CCCC1)c1ccc(N2CCC(O)CC2)cc1. The highest BCUT2D eigenvalue weighted by Crippen LogP contribution is 2.22. The normalized spacial score (nSPS) is 20.1. The third kappa shape index (κ3) is 4.95. The number of aliphatic hydroxyl groups is 1. The van der Waals surface area contributed by atoms with E-state index in [2.05, 4.69) is 41.4 Å². The van der Waals surface area contributed by atoms with Crippen molar-refractivity contribution >= 4 is 11.6 Å². The van der Waals surface area contributed by atoms with E-state index in [-0.39, 0.29) is 18.1 Å². The van der Waals surface area contributed by atoms with Gasteiger partial charge in [-0.15, -0.1) is 0 Å². The number of amides is 1. The third-order valence-corrected chi connectivity index (χ3v) is 5.47. The summed E-state index contributed by atoms with van der Waals surface area (Å²) in [6.45, 7) is 6.58. The van der Waals surface area contributed by atoms with Crippen LogP contribution in [0.5, 0.6) is 0 Å². The molecule has 0 bridgehead atoms. The maximum Gasteiger partial charge on any atom is 0.223 e. The summed E-state index contributed by atoms with van der Waals surface area (Å²) in [4.78, 5) is 16.4. The van der Waals surface area contributed by atoms with Gasteiger partial charge in [0.05, 0.1) is 6.10 Å². The molecule has 0 aromatic heterocycles. The lowest BCUT2D eigenvalue weighted by molar-refractivity contribution is -0.130. The second-order valence-electron chi connectivity index (χ2n) is 7.32. The molecule has 0 spiro atoms. The van der Waals surface area contributed by atoms with E-state index < -0.39 is 0 Å². The van der Waals surface area contributed by atoms with Crippen LogP contribution in [0.15, 0.2) is 24.3 Å². The number of hydrogen-bond acceptors (Lipinski definition) is 4. The van der Waals surface area contributed by atoms with Crippen molar-refractivity contribution in [3.05, 3.63) is 29.8 Å². The maximum atomic E-state index is 12.1. The van der Waals surface area contributed by atoms with E-state index in [9.17, 15) is 9.90 Å². The first kappa shape index (κ1) is 18.2. The Kier molecular flexibility index (Phi) is 6.32. The predicted octanol–water partition coefficient (Wildman–Crippen LogP) is 2.31. The Bertz CT molecular complexity index is 547. The van der Waals surface area contributed by atoms with Gasteiger partial charge in [0.25, 0.3) is 0 Å². The van der Waals surface area contributed by atoms with Crippen LogP contribution in [0.2, 0.25) is 0 Å². The van der Waals surface area contributed by atoms with Crippen LogP contribution in [0, 0.1) is 0 Å². The molecule has 2 aliphatic heterocycles. The number of rotatable bonds is 6. The van der Waals surface area contributed by atoms with E-state index in [4.69, 9.17) is 0 Å². The fraction of sp³-hybridized carbons (Fsp3) is 0.650. The molecule has 1 aromatic rings.